The van der Waals surface area contributed by atoms with Crippen molar-refractivity contribution in [2.45, 2.75) is 82.0 Å². The topological polar surface area (TPSA) is 185 Å². The summed E-state index contributed by atoms with van der Waals surface area (Å²) in [7, 11) is -4.37. The van der Waals surface area contributed by atoms with Crippen LogP contribution in [0.5, 0.6) is 5.75 Å². The number of fused-ring (bicyclic) bond motifs is 2. The summed E-state index contributed by atoms with van der Waals surface area (Å²) in [5.41, 5.74) is 4.35. The van der Waals surface area contributed by atoms with E-state index in [0.717, 1.165) is 12.8 Å². The second-order valence-electron chi connectivity index (χ2n) is 10.7. The number of hydrogen-bond acceptors (Lipinski definition) is 12. The number of alkyl halides is 1. The van der Waals surface area contributed by atoms with Crippen molar-refractivity contribution in [3.8, 4) is 5.75 Å². The number of aliphatic hydroxyl groups is 1. The van der Waals surface area contributed by atoms with E-state index >= 15 is 4.39 Å². The molecule has 7 atom stereocenters. The van der Waals surface area contributed by atoms with Gasteiger partial charge < -0.3 is 30.2 Å². The molecule has 1 aliphatic heterocycles. The molecule has 3 fully saturated rings. The van der Waals surface area contributed by atoms with Gasteiger partial charge in [0.15, 0.2) is 35.0 Å². The molecule has 0 bridgehead atoms. The number of ether oxygens (including phenoxy) is 2. The van der Waals surface area contributed by atoms with Crippen LogP contribution in [0.1, 0.15) is 39.8 Å². The Morgan fingerprint density at radius 1 is 1.27 bits per heavy atom. The Kier molecular flexibility index (Phi) is 6.90. The number of para-hydroxylation sites is 1. The standard InChI is InChI=1S/C25H31FN7O7P/c1-12(2)37-23(34)13(3)32-41(36,39-15-7-5-4-6-8-15)40-19-18-25(19,35)17(26)22(38-18)33-11-28-16-20(29-14-9-10-14)30-24(27)31-21(16)33/h4-8,11-14,17-19,22,35H,9-10H2,1-3H3,(H,32,36)(H3,27,29,30,31)/t13-,17+,18+,19?,22+,25-,41+/m0/s1. The molecule has 16 heteroatoms. The van der Waals surface area contributed by atoms with E-state index in [4.69, 9.17) is 24.3 Å². The van der Waals surface area contributed by atoms with E-state index in [1.54, 1.807) is 32.0 Å². The first-order chi connectivity index (χ1) is 19.5. The monoisotopic (exact) mass is 591 g/mol. The molecule has 3 heterocycles. The Balaban J connectivity index is 1.21. The number of imidazole rings is 1. The van der Waals surface area contributed by atoms with Gasteiger partial charge in [0.25, 0.3) is 0 Å². The van der Waals surface area contributed by atoms with Crippen LogP contribution >= 0.6 is 7.75 Å². The fourth-order valence-corrected chi connectivity index (χ4v) is 6.45. The Morgan fingerprint density at radius 2 is 2.00 bits per heavy atom. The molecule has 2 saturated carbocycles. The molecule has 3 aliphatic rings. The SMILES string of the molecule is CC(C)OC(=O)[C@H](C)N[P@@](=O)(Oc1ccccc1)OC1[C@H]2O[C@@H](n3cnc4c(NC5CC5)nc(N)nc43)[C@@H](F)[C@@]12O. The fourth-order valence-electron chi connectivity index (χ4n) is 4.73. The number of nitrogens with two attached hydrogens (primary N) is 1. The van der Waals surface area contributed by atoms with Crippen LogP contribution in [0.2, 0.25) is 0 Å². The lowest BCUT2D eigenvalue weighted by atomic mass is 10.2. The average molecular weight is 592 g/mol. The normalized spacial score (nSPS) is 29.1. The molecule has 2 aliphatic carbocycles. The van der Waals surface area contributed by atoms with Crippen molar-refractivity contribution < 1.29 is 37.4 Å². The first-order valence-corrected chi connectivity index (χ1v) is 14.8. The minimum Gasteiger partial charge on any atom is -0.462 e. The van der Waals surface area contributed by atoms with Gasteiger partial charge in [0.1, 0.15) is 24.0 Å². The zero-order chi connectivity index (χ0) is 29.1. The summed E-state index contributed by atoms with van der Waals surface area (Å²) in [5, 5.41) is 17.0. The molecule has 220 valence electrons. The van der Waals surface area contributed by atoms with Crippen molar-refractivity contribution in [3.63, 3.8) is 0 Å². The summed E-state index contributed by atoms with van der Waals surface area (Å²) < 4.78 is 53.4. The predicted octanol–water partition coefficient (Wildman–Crippen LogP) is 2.46. The van der Waals surface area contributed by atoms with Gasteiger partial charge in [0.2, 0.25) is 5.95 Å². The van der Waals surface area contributed by atoms with E-state index in [1.165, 1.54) is 30.0 Å². The van der Waals surface area contributed by atoms with E-state index in [-0.39, 0.29) is 23.4 Å². The molecule has 1 saturated heterocycles. The number of carbonyl (C=O) groups is 1. The lowest BCUT2D eigenvalue weighted by Crippen LogP contribution is -2.38. The van der Waals surface area contributed by atoms with Gasteiger partial charge in [-0.15, -0.1) is 0 Å². The number of anilines is 2. The van der Waals surface area contributed by atoms with Gasteiger partial charge in [-0.2, -0.15) is 15.1 Å². The Labute approximate surface area is 234 Å². The van der Waals surface area contributed by atoms with Crippen molar-refractivity contribution in [2.24, 2.45) is 0 Å². The third kappa shape index (κ3) is 5.24. The van der Waals surface area contributed by atoms with Crippen LogP contribution in [0.3, 0.4) is 0 Å². The molecule has 0 spiro atoms. The highest BCUT2D eigenvalue weighted by atomic mass is 31.2. The molecular formula is C25H31FN7O7P. The summed E-state index contributed by atoms with van der Waals surface area (Å²) in [6, 6.07) is 7.25. The quantitative estimate of drug-likeness (QED) is 0.188. The van der Waals surface area contributed by atoms with E-state index < -0.39 is 56.1 Å². The van der Waals surface area contributed by atoms with Gasteiger partial charge in [0.05, 0.1) is 12.4 Å². The average Bonchev–Trinajstić information content (AvgIpc) is 3.74. The van der Waals surface area contributed by atoms with Crippen LogP contribution in [0.25, 0.3) is 11.2 Å². The zero-order valence-corrected chi connectivity index (χ0v) is 23.4. The molecule has 14 nitrogen and oxygen atoms in total. The van der Waals surface area contributed by atoms with Crippen molar-refractivity contribution in [1.82, 2.24) is 24.6 Å². The third-order valence-corrected chi connectivity index (χ3v) is 8.62. The van der Waals surface area contributed by atoms with E-state index in [0.29, 0.717) is 11.3 Å². The number of aromatic nitrogens is 4. The molecule has 3 aromatic rings. The van der Waals surface area contributed by atoms with Crippen LogP contribution in [0.4, 0.5) is 16.2 Å². The van der Waals surface area contributed by atoms with Gasteiger partial charge >= 0.3 is 13.7 Å². The zero-order valence-electron chi connectivity index (χ0n) is 22.5. The van der Waals surface area contributed by atoms with E-state index in [1.807, 2.05) is 0 Å². The highest BCUT2D eigenvalue weighted by molar-refractivity contribution is 7.52. The largest absolute Gasteiger partial charge is 0.462 e. The molecule has 5 N–H and O–H groups in total. The first-order valence-electron chi connectivity index (χ1n) is 13.3. The van der Waals surface area contributed by atoms with Crippen LogP contribution in [0.15, 0.2) is 36.7 Å². The third-order valence-electron chi connectivity index (χ3n) is 6.96. The highest BCUT2D eigenvalue weighted by Crippen LogP contribution is 2.62. The number of nitrogen functional groups attached to an aromatic ring is 1. The van der Waals surface area contributed by atoms with Crippen molar-refractivity contribution >= 4 is 36.6 Å². The molecule has 1 aromatic carbocycles. The second kappa shape index (κ2) is 10.2. The summed E-state index contributed by atoms with van der Waals surface area (Å²) in [4.78, 5) is 25.1. The number of esters is 1. The maximum absolute atomic E-state index is 15.9. The van der Waals surface area contributed by atoms with Crippen LogP contribution in [-0.4, -0.2) is 72.8 Å². The molecule has 0 radical (unpaired) electrons. The second-order valence-corrected chi connectivity index (χ2v) is 12.3. The number of halogens is 1. The number of hydrogen-bond donors (Lipinski definition) is 4. The molecule has 6 rings (SSSR count). The smallest absolute Gasteiger partial charge is 0.459 e. The number of rotatable bonds is 11. The van der Waals surface area contributed by atoms with Gasteiger partial charge in [-0.25, -0.2) is 13.9 Å². The number of carbonyl (C=O) groups excluding carboxylic acids is 1. The van der Waals surface area contributed by atoms with Crippen molar-refractivity contribution in [3.05, 3.63) is 36.7 Å². The van der Waals surface area contributed by atoms with E-state index in [2.05, 4.69) is 25.4 Å². The first kappa shape index (κ1) is 27.8. The van der Waals surface area contributed by atoms with Gasteiger partial charge in [-0.1, -0.05) is 18.2 Å². The van der Waals surface area contributed by atoms with Crippen molar-refractivity contribution in [1.29, 1.82) is 0 Å². The summed E-state index contributed by atoms with van der Waals surface area (Å²) >= 11 is 0. The Bertz CT molecular complexity index is 1510. The minimum atomic E-state index is -4.37. The Morgan fingerprint density at radius 3 is 2.63 bits per heavy atom. The summed E-state index contributed by atoms with van der Waals surface area (Å²) in [6.45, 7) is 4.77. The number of nitrogens with zero attached hydrogens (tertiary/aromatic N) is 4. The molecule has 1 unspecified atom stereocenters. The predicted molar refractivity (Wildman–Crippen MR) is 144 cm³/mol. The van der Waals surface area contributed by atoms with Crippen LogP contribution < -0.4 is 20.7 Å². The number of benzene rings is 1. The summed E-state index contributed by atoms with van der Waals surface area (Å²) in [5.74, 6) is -0.129. The van der Waals surface area contributed by atoms with Crippen LogP contribution in [0, 0.1) is 0 Å². The molecule has 2 aromatic heterocycles. The maximum Gasteiger partial charge on any atom is 0.459 e. The fraction of sp³-hybridized carbons (Fsp3) is 0.520. The number of nitrogens with one attached hydrogen (secondary N) is 2. The van der Waals surface area contributed by atoms with Crippen LogP contribution in [-0.2, 0) is 23.4 Å². The van der Waals surface area contributed by atoms with Gasteiger partial charge in [-0.05, 0) is 45.7 Å². The Hall–Kier alpha value is -3.36. The van der Waals surface area contributed by atoms with Crippen molar-refractivity contribution in [2.75, 3.05) is 11.1 Å². The lowest BCUT2D eigenvalue weighted by Gasteiger charge is -2.26. The summed E-state index contributed by atoms with van der Waals surface area (Å²) in [6.07, 6.45) is -3.01. The van der Waals surface area contributed by atoms with Gasteiger partial charge in [0, 0.05) is 6.04 Å². The molecular weight excluding hydrogens is 560 g/mol. The lowest BCUT2D eigenvalue weighted by molar-refractivity contribution is -0.149. The molecule has 41 heavy (non-hydrogen) atoms. The highest BCUT2D eigenvalue weighted by Gasteiger charge is 2.80. The maximum atomic E-state index is 15.9. The minimum absolute atomic E-state index is 0.0314. The molecule has 0 amide bonds. The van der Waals surface area contributed by atoms with E-state index in [9.17, 15) is 14.5 Å². The van der Waals surface area contributed by atoms with Gasteiger partial charge in [-0.3, -0.25) is 13.9 Å².